The van der Waals surface area contributed by atoms with E-state index in [0.29, 0.717) is 23.0 Å². The van der Waals surface area contributed by atoms with Crippen LogP contribution in [0.2, 0.25) is 0 Å². The van der Waals surface area contributed by atoms with E-state index in [-0.39, 0.29) is 11.3 Å². The first-order chi connectivity index (χ1) is 12.3. The Bertz CT molecular complexity index is 925. The third kappa shape index (κ3) is 4.08. The van der Waals surface area contributed by atoms with E-state index in [9.17, 15) is 4.79 Å². The molecule has 0 aliphatic carbocycles. The predicted octanol–water partition coefficient (Wildman–Crippen LogP) is 4.67. The summed E-state index contributed by atoms with van der Waals surface area (Å²) in [7, 11) is 0. The second kappa shape index (κ2) is 7.00. The highest BCUT2D eigenvalue weighted by Crippen LogP contribution is 2.30. The van der Waals surface area contributed by atoms with E-state index in [1.165, 1.54) is 5.56 Å². The topological polar surface area (TPSA) is 80.0 Å². The molecule has 0 saturated heterocycles. The Morgan fingerprint density at radius 1 is 1.08 bits per heavy atom. The number of carbonyl (C=O) groups is 1. The molecule has 0 unspecified atom stereocenters. The van der Waals surface area contributed by atoms with Crippen molar-refractivity contribution in [2.24, 2.45) is 0 Å². The number of nitrogens with one attached hydrogen (secondary N) is 2. The first-order valence-corrected chi connectivity index (χ1v) is 8.40. The van der Waals surface area contributed by atoms with E-state index in [1.807, 2.05) is 18.2 Å². The highest BCUT2D eigenvalue weighted by atomic mass is 16.5. The Morgan fingerprint density at radius 2 is 1.85 bits per heavy atom. The van der Waals surface area contributed by atoms with Crippen molar-refractivity contribution < 1.29 is 9.32 Å². The van der Waals surface area contributed by atoms with Crippen LogP contribution in [0.15, 0.2) is 53.2 Å². The molecule has 134 valence electrons. The van der Waals surface area contributed by atoms with Crippen LogP contribution < -0.4 is 10.6 Å². The van der Waals surface area contributed by atoms with E-state index >= 15 is 0 Å². The normalized spacial score (nSPS) is 11.2. The van der Waals surface area contributed by atoms with Crippen molar-refractivity contribution in [1.82, 2.24) is 10.1 Å². The molecule has 6 nitrogen and oxygen atoms in total. The van der Waals surface area contributed by atoms with Gasteiger partial charge in [0.05, 0.1) is 0 Å². The summed E-state index contributed by atoms with van der Waals surface area (Å²) in [5.74, 6) is 1.35. The lowest BCUT2D eigenvalue weighted by Gasteiger charge is -2.23. The molecule has 0 saturated carbocycles. The second-order valence-electron chi connectivity index (χ2n) is 7.13. The van der Waals surface area contributed by atoms with Crippen LogP contribution in [0.4, 0.5) is 17.3 Å². The standard InChI is InChI=1S/C20H22N4O2/c1-13-11-18(24-26-13)23-19(25)14-9-10-21-17(12-14)22-16-8-6-5-7-15(16)20(2,3)4/h5-12H,1-4H3,(H,21,22)(H,23,24,25). The Kier molecular flexibility index (Phi) is 4.75. The summed E-state index contributed by atoms with van der Waals surface area (Å²) in [5.41, 5.74) is 2.62. The first kappa shape index (κ1) is 17.7. The number of benzene rings is 1. The smallest absolute Gasteiger partial charge is 0.257 e. The number of pyridine rings is 1. The maximum absolute atomic E-state index is 12.4. The molecule has 6 heteroatoms. The van der Waals surface area contributed by atoms with Gasteiger partial charge in [-0.05, 0) is 36.1 Å². The maximum Gasteiger partial charge on any atom is 0.257 e. The summed E-state index contributed by atoms with van der Waals surface area (Å²) in [5, 5.41) is 9.80. The summed E-state index contributed by atoms with van der Waals surface area (Å²) < 4.78 is 4.96. The molecule has 0 bridgehead atoms. The summed E-state index contributed by atoms with van der Waals surface area (Å²) in [4.78, 5) is 16.7. The van der Waals surface area contributed by atoms with E-state index in [2.05, 4.69) is 47.6 Å². The van der Waals surface area contributed by atoms with E-state index in [1.54, 1.807) is 31.3 Å². The van der Waals surface area contributed by atoms with Gasteiger partial charge in [-0.25, -0.2) is 4.98 Å². The van der Waals surface area contributed by atoms with Gasteiger partial charge in [0, 0.05) is 23.5 Å². The number of hydrogen-bond donors (Lipinski definition) is 2. The molecule has 0 aliphatic heterocycles. The summed E-state index contributed by atoms with van der Waals surface area (Å²) in [6, 6.07) is 13.1. The molecule has 2 N–H and O–H groups in total. The van der Waals surface area contributed by atoms with Crippen molar-refractivity contribution in [3.63, 3.8) is 0 Å². The molecule has 2 aromatic heterocycles. The first-order valence-electron chi connectivity index (χ1n) is 8.40. The molecule has 0 atom stereocenters. The lowest BCUT2D eigenvalue weighted by atomic mass is 9.86. The maximum atomic E-state index is 12.4. The van der Waals surface area contributed by atoms with Crippen molar-refractivity contribution >= 4 is 23.2 Å². The zero-order valence-corrected chi connectivity index (χ0v) is 15.3. The van der Waals surface area contributed by atoms with E-state index < -0.39 is 0 Å². The third-order valence-electron chi connectivity index (χ3n) is 3.89. The largest absolute Gasteiger partial charge is 0.360 e. The van der Waals surface area contributed by atoms with Crippen molar-refractivity contribution in [2.75, 3.05) is 10.6 Å². The van der Waals surface area contributed by atoms with Gasteiger partial charge in [-0.3, -0.25) is 4.79 Å². The minimum atomic E-state index is -0.271. The van der Waals surface area contributed by atoms with Gasteiger partial charge >= 0.3 is 0 Å². The van der Waals surface area contributed by atoms with Gasteiger partial charge in [0.15, 0.2) is 5.82 Å². The molecule has 1 aromatic carbocycles. The fourth-order valence-corrected chi connectivity index (χ4v) is 2.64. The van der Waals surface area contributed by atoms with Crippen molar-refractivity contribution in [3.8, 4) is 0 Å². The molecular formula is C20H22N4O2. The van der Waals surface area contributed by atoms with Crippen molar-refractivity contribution in [2.45, 2.75) is 33.1 Å². The summed E-state index contributed by atoms with van der Waals surface area (Å²) >= 11 is 0. The van der Waals surface area contributed by atoms with E-state index in [0.717, 1.165) is 5.69 Å². The third-order valence-corrected chi connectivity index (χ3v) is 3.89. The number of nitrogens with zero attached hydrogens (tertiary/aromatic N) is 2. The monoisotopic (exact) mass is 350 g/mol. The molecule has 3 rings (SSSR count). The highest BCUT2D eigenvalue weighted by Gasteiger charge is 2.18. The van der Waals surface area contributed by atoms with Crippen LogP contribution in [0.5, 0.6) is 0 Å². The summed E-state index contributed by atoms with van der Waals surface area (Å²) in [6.07, 6.45) is 1.60. The van der Waals surface area contributed by atoms with Crippen LogP contribution in [-0.4, -0.2) is 16.0 Å². The fraction of sp³-hybridized carbons (Fsp3) is 0.250. The van der Waals surface area contributed by atoms with Gasteiger partial charge in [0.2, 0.25) is 0 Å². The number of anilines is 3. The van der Waals surface area contributed by atoms with Crippen LogP contribution in [0, 0.1) is 6.92 Å². The molecule has 2 heterocycles. The highest BCUT2D eigenvalue weighted by molar-refractivity contribution is 6.04. The fourth-order valence-electron chi connectivity index (χ4n) is 2.64. The minimum Gasteiger partial charge on any atom is -0.360 e. The Morgan fingerprint density at radius 3 is 2.54 bits per heavy atom. The molecular weight excluding hydrogens is 328 g/mol. The summed E-state index contributed by atoms with van der Waals surface area (Å²) in [6.45, 7) is 8.24. The minimum absolute atomic E-state index is 0.0105. The van der Waals surface area contributed by atoms with Crippen LogP contribution in [0.1, 0.15) is 42.5 Å². The SMILES string of the molecule is Cc1cc(NC(=O)c2ccnc(Nc3ccccc3C(C)(C)C)c2)no1. The van der Waals surface area contributed by atoms with Crippen molar-refractivity contribution in [3.05, 3.63) is 65.5 Å². The Balaban J connectivity index is 1.81. The number of hydrogen-bond acceptors (Lipinski definition) is 5. The lowest BCUT2D eigenvalue weighted by molar-refractivity contribution is 0.102. The van der Waals surface area contributed by atoms with Gasteiger partial charge in [-0.2, -0.15) is 0 Å². The van der Waals surface area contributed by atoms with E-state index in [4.69, 9.17) is 4.52 Å². The van der Waals surface area contributed by atoms with Gasteiger partial charge in [0.1, 0.15) is 11.6 Å². The Hall–Kier alpha value is -3.15. The van der Waals surface area contributed by atoms with Gasteiger partial charge in [-0.1, -0.05) is 44.1 Å². The number of para-hydroxylation sites is 1. The molecule has 3 aromatic rings. The van der Waals surface area contributed by atoms with Crippen molar-refractivity contribution in [1.29, 1.82) is 0 Å². The average molecular weight is 350 g/mol. The predicted molar refractivity (Wildman–Crippen MR) is 102 cm³/mol. The van der Waals surface area contributed by atoms with Gasteiger partial charge in [0.25, 0.3) is 5.91 Å². The second-order valence-corrected chi connectivity index (χ2v) is 7.13. The van der Waals surface area contributed by atoms with Crippen LogP contribution >= 0.6 is 0 Å². The number of aryl methyl sites for hydroxylation is 1. The van der Waals surface area contributed by atoms with Crippen LogP contribution in [0.3, 0.4) is 0 Å². The number of rotatable bonds is 4. The Labute approximate surface area is 152 Å². The molecule has 0 fully saturated rings. The van der Waals surface area contributed by atoms with Crippen LogP contribution in [0.25, 0.3) is 0 Å². The quantitative estimate of drug-likeness (QED) is 0.714. The number of aromatic nitrogens is 2. The molecule has 0 radical (unpaired) electrons. The number of amides is 1. The molecule has 0 aliphatic rings. The average Bonchev–Trinajstić information content (AvgIpc) is 2.99. The van der Waals surface area contributed by atoms with Crippen LogP contribution in [-0.2, 0) is 5.41 Å². The molecule has 26 heavy (non-hydrogen) atoms. The zero-order chi connectivity index (χ0) is 18.7. The van der Waals surface area contributed by atoms with Gasteiger partial charge in [-0.15, -0.1) is 0 Å². The molecule has 0 spiro atoms. The lowest BCUT2D eigenvalue weighted by Crippen LogP contribution is -2.14. The van der Waals surface area contributed by atoms with Gasteiger partial charge < -0.3 is 15.2 Å². The number of carbonyl (C=O) groups excluding carboxylic acids is 1. The molecule has 1 amide bonds. The zero-order valence-electron chi connectivity index (χ0n) is 15.3.